The lowest BCUT2D eigenvalue weighted by Gasteiger charge is -2.31. The summed E-state index contributed by atoms with van der Waals surface area (Å²) in [6, 6.07) is 10.7. The van der Waals surface area contributed by atoms with Crippen LogP contribution in [0.2, 0.25) is 0 Å². The van der Waals surface area contributed by atoms with Crippen LogP contribution in [0.15, 0.2) is 47.6 Å². The second-order valence-electron chi connectivity index (χ2n) is 10.1. The summed E-state index contributed by atoms with van der Waals surface area (Å²) in [5.74, 6) is 0.332. The highest BCUT2D eigenvalue weighted by Gasteiger charge is 2.37. The molecule has 216 valence electrons. The van der Waals surface area contributed by atoms with Gasteiger partial charge in [0.25, 0.3) is 5.91 Å². The Morgan fingerprint density at radius 3 is 2.58 bits per heavy atom. The van der Waals surface area contributed by atoms with Crippen molar-refractivity contribution in [1.29, 1.82) is 0 Å². The fraction of sp³-hybridized carbons (Fsp3) is 0.483. The van der Waals surface area contributed by atoms with Crippen molar-refractivity contribution in [1.82, 2.24) is 20.1 Å². The lowest BCUT2D eigenvalue weighted by atomic mass is 9.97. The van der Waals surface area contributed by atoms with Crippen molar-refractivity contribution in [3.05, 3.63) is 59.4 Å². The number of carbonyl (C=O) groups excluding carboxylic acids is 2. The molecule has 11 heteroatoms. The molecule has 40 heavy (non-hydrogen) atoms. The number of urea groups is 1. The van der Waals surface area contributed by atoms with Crippen molar-refractivity contribution in [2.45, 2.75) is 32.4 Å². The average molecular weight is 556 g/mol. The van der Waals surface area contributed by atoms with Gasteiger partial charge in [-0.3, -0.25) is 9.69 Å². The van der Waals surface area contributed by atoms with E-state index in [9.17, 15) is 14.0 Å². The Kier molecular flexibility index (Phi) is 9.94. The maximum Gasteiger partial charge on any atom is 0.318 e. The van der Waals surface area contributed by atoms with Gasteiger partial charge in [-0.15, -0.1) is 0 Å². The van der Waals surface area contributed by atoms with Crippen molar-refractivity contribution < 1.29 is 28.2 Å². The summed E-state index contributed by atoms with van der Waals surface area (Å²) < 4.78 is 31.2. The topological polar surface area (TPSA) is 95.9 Å². The maximum absolute atomic E-state index is 14.8. The first-order chi connectivity index (χ1) is 19.3. The smallest absolute Gasteiger partial charge is 0.318 e. The molecule has 4 rings (SSSR count). The Morgan fingerprint density at radius 1 is 1.15 bits per heavy atom. The monoisotopic (exact) mass is 555 g/mol. The fourth-order valence-corrected chi connectivity index (χ4v) is 4.85. The Bertz CT molecular complexity index is 1220. The third-order valence-electron chi connectivity index (χ3n) is 6.96. The van der Waals surface area contributed by atoms with Gasteiger partial charge in [0.15, 0.2) is 0 Å². The molecule has 1 N–H and O–H groups in total. The number of ether oxygens (including phenoxy) is 3. The predicted octanol–water partition coefficient (Wildman–Crippen LogP) is 3.27. The molecule has 0 bridgehead atoms. The Hall–Kier alpha value is -3.70. The SMILES string of the molecule is COc1ccc(OC)c(C2CC(c3ccccc3F)=NN2C(=O)CN(CCN2CCOCC2)C(=O)NC(C)C)c1. The minimum atomic E-state index is -0.582. The number of halogens is 1. The molecule has 2 heterocycles. The van der Waals surface area contributed by atoms with Gasteiger partial charge in [0.05, 0.1) is 39.2 Å². The molecule has 0 aromatic heterocycles. The van der Waals surface area contributed by atoms with E-state index in [4.69, 9.17) is 14.2 Å². The van der Waals surface area contributed by atoms with Gasteiger partial charge in [-0.25, -0.2) is 14.2 Å². The van der Waals surface area contributed by atoms with Gasteiger partial charge < -0.3 is 24.4 Å². The number of nitrogens with zero attached hydrogens (tertiary/aromatic N) is 4. The molecular weight excluding hydrogens is 517 g/mol. The summed E-state index contributed by atoms with van der Waals surface area (Å²) in [5, 5.41) is 8.86. The van der Waals surface area contributed by atoms with Crippen LogP contribution >= 0.6 is 0 Å². The molecule has 0 saturated carbocycles. The zero-order valence-corrected chi connectivity index (χ0v) is 23.6. The minimum Gasteiger partial charge on any atom is -0.497 e. The molecule has 0 aliphatic carbocycles. The lowest BCUT2D eigenvalue weighted by Crippen LogP contribution is -2.50. The van der Waals surface area contributed by atoms with E-state index in [0.29, 0.717) is 54.6 Å². The fourth-order valence-electron chi connectivity index (χ4n) is 4.85. The summed E-state index contributed by atoms with van der Waals surface area (Å²) in [6.45, 7) is 7.34. The van der Waals surface area contributed by atoms with Crippen molar-refractivity contribution in [2.24, 2.45) is 5.10 Å². The van der Waals surface area contributed by atoms with Crippen LogP contribution < -0.4 is 14.8 Å². The standard InChI is InChI=1S/C29H38FN5O5/c1-20(2)31-29(37)34(12-11-33-13-15-40-16-14-33)19-28(36)35-26(23-17-21(38-3)9-10-27(23)39-4)18-25(32-35)22-7-5-6-8-24(22)30/h5-10,17,20,26H,11-16,18-19H2,1-4H3,(H,31,37). The van der Waals surface area contributed by atoms with E-state index in [-0.39, 0.29) is 30.9 Å². The number of methoxy groups -OCH3 is 2. The van der Waals surface area contributed by atoms with Crippen LogP contribution in [0, 0.1) is 5.82 Å². The Morgan fingerprint density at radius 2 is 1.90 bits per heavy atom. The van der Waals surface area contributed by atoms with Crippen LogP contribution in [0.1, 0.15) is 37.4 Å². The molecule has 2 aromatic carbocycles. The summed E-state index contributed by atoms with van der Waals surface area (Å²) in [7, 11) is 3.11. The summed E-state index contributed by atoms with van der Waals surface area (Å²) in [6.07, 6.45) is 0.266. The number of rotatable bonds is 10. The van der Waals surface area contributed by atoms with E-state index >= 15 is 0 Å². The molecular formula is C29H38FN5O5. The number of nitrogens with one attached hydrogen (secondary N) is 1. The van der Waals surface area contributed by atoms with E-state index in [1.54, 1.807) is 50.6 Å². The van der Waals surface area contributed by atoms with E-state index in [1.807, 2.05) is 13.8 Å². The number of benzene rings is 2. The highest BCUT2D eigenvalue weighted by molar-refractivity contribution is 6.03. The van der Waals surface area contributed by atoms with Crippen molar-refractivity contribution >= 4 is 17.6 Å². The minimum absolute atomic E-state index is 0.0975. The molecule has 0 radical (unpaired) electrons. The summed E-state index contributed by atoms with van der Waals surface area (Å²) >= 11 is 0. The van der Waals surface area contributed by atoms with Crippen LogP contribution in [0.5, 0.6) is 11.5 Å². The molecule has 0 spiro atoms. The highest BCUT2D eigenvalue weighted by Crippen LogP contribution is 2.39. The molecule has 1 atom stereocenters. The van der Waals surface area contributed by atoms with Gasteiger partial charge in [-0.1, -0.05) is 18.2 Å². The van der Waals surface area contributed by atoms with Crippen molar-refractivity contribution in [2.75, 3.05) is 60.2 Å². The van der Waals surface area contributed by atoms with Gasteiger partial charge >= 0.3 is 6.03 Å². The van der Waals surface area contributed by atoms with Gasteiger partial charge in [-0.05, 0) is 38.1 Å². The third kappa shape index (κ3) is 7.08. The van der Waals surface area contributed by atoms with Gasteiger partial charge in [0, 0.05) is 49.8 Å². The Balaban J connectivity index is 1.64. The van der Waals surface area contributed by atoms with Crippen LogP contribution in [-0.2, 0) is 9.53 Å². The molecule has 1 fully saturated rings. The lowest BCUT2D eigenvalue weighted by molar-refractivity contribution is -0.133. The van der Waals surface area contributed by atoms with Gasteiger partial charge in [0.1, 0.15) is 23.9 Å². The number of hydrogen-bond donors (Lipinski definition) is 1. The third-order valence-corrected chi connectivity index (χ3v) is 6.96. The second-order valence-corrected chi connectivity index (χ2v) is 10.1. The summed E-state index contributed by atoms with van der Waals surface area (Å²) in [5.41, 5.74) is 1.44. The zero-order chi connectivity index (χ0) is 28.6. The highest BCUT2D eigenvalue weighted by atomic mass is 19.1. The molecule has 3 amide bonds. The molecule has 1 unspecified atom stereocenters. The van der Waals surface area contributed by atoms with Crippen molar-refractivity contribution in [3.63, 3.8) is 0 Å². The largest absolute Gasteiger partial charge is 0.497 e. The normalized spacial score (nSPS) is 17.5. The van der Waals surface area contributed by atoms with E-state index in [1.165, 1.54) is 16.0 Å². The second kappa shape index (κ2) is 13.6. The maximum atomic E-state index is 14.8. The van der Waals surface area contributed by atoms with Crippen LogP contribution in [0.25, 0.3) is 0 Å². The molecule has 2 aromatic rings. The van der Waals surface area contributed by atoms with Crippen molar-refractivity contribution in [3.8, 4) is 11.5 Å². The molecule has 1 saturated heterocycles. The van der Waals surface area contributed by atoms with Gasteiger partial charge in [-0.2, -0.15) is 5.10 Å². The molecule has 2 aliphatic rings. The number of amides is 3. The first-order valence-corrected chi connectivity index (χ1v) is 13.5. The Labute approximate surface area is 234 Å². The summed E-state index contributed by atoms with van der Waals surface area (Å²) in [4.78, 5) is 30.7. The molecule has 10 nitrogen and oxygen atoms in total. The predicted molar refractivity (Wildman–Crippen MR) is 149 cm³/mol. The van der Waals surface area contributed by atoms with E-state index in [2.05, 4.69) is 15.3 Å². The number of carbonyl (C=O) groups is 2. The van der Waals surface area contributed by atoms with Crippen LogP contribution in [0.3, 0.4) is 0 Å². The van der Waals surface area contributed by atoms with E-state index in [0.717, 1.165) is 13.1 Å². The number of hydrogen-bond acceptors (Lipinski definition) is 7. The first-order valence-electron chi connectivity index (χ1n) is 13.5. The number of morpholine rings is 1. The van der Waals surface area contributed by atoms with E-state index < -0.39 is 11.9 Å². The first kappa shape index (κ1) is 29.3. The van der Waals surface area contributed by atoms with Crippen LogP contribution in [-0.4, -0.2) is 98.7 Å². The zero-order valence-electron chi connectivity index (χ0n) is 23.6. The average Bonchev–Trinajstić information content (AvgIpc) is 3.40. The quantitative estimate of drug-likeness (QED) is 0.484. The number of hydrazone groups is 1. The van der Waals surface area contributed by atoms with Gasteiger partial charge in [0.2, 0.25) is 0 Å². The van der Waals surface area contributed by atoms with Crippen LogP contribution in [0.4, 0.5) is 9.18 Å². The molecule has 2 aliphatic heterocycles.